The first kappa shape index (κ1) is 16.6. The summed E-state index contributed by atoms with van der Waals surface area (Å²) >= 11 is 0.339. The summed E-state index contributed by atoms with van der Waals surface area (Å²) in [5.74, 6) is 1.41. The van der Waals surface area contributed by atoms with Gasteiger partial charge in [-0.3, -0.25) is 4.98 Å². The minimum absolute atomic E-state index is 0.232. The van der Waals surface area contributed by atoms with Crippen molar-refractivity contribution in [1.82, 2.24) is 14.5 Å². The van der Waals surface area contributed by atoms with Crippen LogP contribution in [0.1, 0.15) is 12.8 Å². The first-order valence-corrected chi connectivity index (χ1v) is 9.46. The van der Waals surface area contributed by atoms with Crippen molar-refractivity contribution < 1.29 is 8.62 Å². The van der Waals surface area contributed by atoms with Crippen LogP contribution in [0.15, 0.2) is 30.6 Å². The van der Waals surface area contributed by atoms with E-state index in [-0.39, 0.29) is 6.10 Å². The summed E-state index contributed by atoms with van der Waals surface area (Å²) in [5.41, 5.74) is 2.13. The lowest BCUT2D eigenvalue weighted by atomic mass is 10.1. The summed E-state index contributed by atoms with van der Waals surface area (Å²) in [5, 5.41) is 2.27. The number of halogens is 1. The van der Waals surface area contributed by atoms with E-state index in [0.29, 0.717) is 24.5 Å². The van der Waals surface area contributed by atoms with Gasteiger partial charge in [0.1, 0.15) is 11.5 Å². The number of anilines is 1. The smallest absolute Gasteiger partial charge is 0.143 e. The predicted octanol–water partition coefficient (Wildman–Crippen LogP) is 3.72. The van der Waals surface area contributed by atoms with Crippen LogP contribution in [0.5, 0.6) is 0 Å². The van der Waals surface area contributed by atoms with Gasteiger partial charge in [0.15, 0.2) is 0 Å². The Labute approximate surface area is 150 Å². The van der Waals surface area contributed by atoms with Crippen molar-refractivity contribution in [3.63, 3.8) is 0 Å². The fraction of sp³-hybridized carbons (Fsp3) is 0.444. The third kappa shape index (κ3) is 3.18. The number of aromatic nitrogens is 3. The van der Waals surface area contributed by atoms with Gasteiger partial charge in [-0.15, -0.1) is 0 Å². The second-order valence-electron chi connectivity index (χ2n) is 6.36. The highest BCUT2D eigenvalue weighted by molar-refractivity contribution is 7.94. The van der Waals surface area contributed by atoms with Crippen molar-refractivity contribution in [1.29, 1.82) is 0 Å². The molecule has 5 nitrogen and oxygen atoms in total. The quantitative estimate of drug-likeness (QED) is 0.649. The summed E-state index contributed by atoms with van der Waals surface area (Å²) < 4.78 is 19.9. The molecule has 4 rings (SSSR count). The van der Waals surface area contributed by atoms with E-state index in [1.165, 1.54) is 0 Å². The zero-order valence-corrected chi connectivity index (χ0v) is 15.0. The zero-order chi connectivity index (χ0) is 17.2. The number of pyridine rings is 2. The van der Waals surface area contributed by atoms with E-state index in [2.05, 4.69) is 26.6 Å². The molecular formula is C18H21FN4OS. The molecule has 0 radical (unpaired) electrons. The van der Waals surface area contributed by atoms with Crippen LogP contribution < -0.4 is 4.90 Å². The average Bonchev–Trinajstić information content (AvgIpc) is 2.95. The maximum absolute atomic E-state index is 12.1. The molecule has 0 atom stereocenters. The third-order valence-corrected chi connectivity index (χ3v) is 5.23. The number of nitrogens with zero attached hydrogens (tertiary/aromatic N) is 4. The molecule has 1 saturated heterocycles. The lowest BCUT2D eigenvalue weighted by molar-refractivity contribution is 0.0474. The van der Waals surface area contributed by atoms with Gasteiger partial charge in [0, 0.05) is 61.2 Å². The van der Waals surface area contributed by atoms with Crippen molar-refractivity contribution in [3.05, 3.63) is 30.6 Å². The average molecular weight is 360 g/mol. The Morgan fingerprint density at radius 1 is 1.24 bits per heavy atom. The number of piperidine rings is 1. The van der Waals surface area contributed by atoms with E-state index in [0.717, 1.165) is 53.7 Å². The van der Waals surface area contributed by atoms with Crippen LogP contribution in [0, 0.1) is 0 Å². The maximum atomic E-state index is 12.1. The summed E-state index contributed by atoms with van der Waals surface area (Å²) in [7, 11) is 2.05. The number of fused-ring (bicyclic) bond motifs is 3. The SMILES string of the molecule is Cn1c2ccncc2c2ccc(N3CCC(OCCSF)CC3)nc21. The number of aryl methyl sites for hydroxylation is 1. The van der Waals surface area contributed by atoms with E-state index in [4.69, 9.17) is 9.72 Å². The van der Waals surface area contributed by atoms with Crippen LogP contribution in [0.25, 0.3) is 21.9 Å². The highest BCUT2D eigenvalue weighted by Crippen LogP contribution is 2.29. The molecule has 1 fully saturated rings. The molecule has 7 heteroatoms. The second-order valence-corrected chi connectivity index (χ2v) is 6.99. The third-order valence-electron chi connectivity index (χ3n) is 4.91. The molecule has 3 aromatic heterocycles. The highest BCUT2D eigenvalue weighted by Gasteiger charge is 2.21. The fourth-order valence-electron chi connectivity index (χ4n) is 3.58. The van der Waals surface area contributed by atoms with Crippen LogP contribution in [-0.2, 0) is 11.8 Å². The van der Waals surface area contributed by atoms with Gasteiger partial charge < -0.3 is 14.2 Å². The van der Waals surface area contributed by atoms with Crippen LogP contribution in [-0.4, -0.2) is 46.1 Å². The second kappa shape index (κ2) is 7.17. The molecule has 25 heavy (non-hydrogen) atoms. The van der Waals surface area contributed by atoms with Crippen LogP contribution in [0.3, 0.4) is 0 Å². The Hall–Kier alpha value is -1.86. The summed E-state index contributed by atoms with van der Waals surface area (Å²) in [6.45, 7) is 2.31. The van der Waals surface area contributed by atoms with Gasteiger partial charge in [0.05, 0.1) is 18.2 Å². The van der Waals surface area contributed by atoms with Crippen molar-refractivity contribution in [2.45, 2.75) is 18.9 Å². The fourth-order valence-corrected chi connectivity index (χ4v) is 3.74. The number of hydrogen-bond acceptors (Lipinski definition) is 5. The van der Waals surface area contributed by atoms with Crippen molar-refractivity contribution >= 4 is 39.9 Å². The Morgan fingerprint density at radius 3 is 2.88 bits per heavy atom. The van der Waals surface area contributed by atoms with Gasteiger partial charge in [0.25, 0.3) is 0 Å². The molecule has 1 aliphatic rings. The van der Waals surface area contributed by atoms with Gasteiger partial charge in [-0.1, -0.05) is 0 Å². The molecule has 0 spiro atoms. The summed E-state index contributed by atoms with van der Waals surface area (Å²) in [6.07, 6.45) is 5.85. The lowest BCUT2D eigenvalue weighted by Gasteiger charge is -2.32. The van der Waals surface area contributed by atoms with Crippen molar-refractivity contribution in [3.8, 4) is 0 Å². The topological polar surface area (TPSA) is 43.2 Å². The van der Waals surface area contributed by atoms with Crippen LogP contribution in [0.2, 0.25) is 0 Å². The van der Waals surface area contributed by atoms with Crippen LogP contribution in [0.4, 0.5) is 9.70 Å². The summed E-state index contributed by atoms with van der Waals surface area (Å²) in [6, 6.07) is 6.26. The van der Waals surface area contributed by atoms with Gasteiger partial charge >= 0.3 is 0 Å². The molecule has 0 N–H and O–H groups in total. The number of ether oxygens (including phenoxy) is 1. The van der Waals surface area contributed by atoms with Gasteiger partial charge in [-0.2, -0.15) is 3.89 Å². The van der Waals surface area contributed by atoms with Gasteiger partial charge in [0.2, 0.25) is 0 Å². The standard InChI is InChI=1S/C18H21FN4OS/c1-22-16-4-7-20-12-15(16)14-2-3-17(21-18(14)22)23-8-5-13(6-9-23)24-10-11-25-19/h2-4,7,12-13H,5-6,8-11H2,1H3. The monoisotopic (exact) mass is 360 g/mol. The lowest BCUT2D eigenvalue weighted by Crippen LogP contribution is -2.37. The van der Waals surface area contributed by atoms with Crippen molar-refractivity contribution in [2.75, 3.05) is 30.3 Å². The molecular weight excluding hydrogens is 339 g/mol. The molecule has 3 aromatic rings. The molecule has 0 unspecified atom stereocenters. The molecule has 4 heterocycles. The Morgan fingerprint density at radius 2 is 2.08 bits per heavy atom. The first-order valence-electron chi connectivity index (χ1n) is 8.57. The minimum Gasteiger partial charge on any atom is -0.377 e. The van der Waals surface area contributed by atoms with Gasteiger partial charge in [-0.05, 0) is 31.0 Å². The maximum Gasteiger partial charge on any atom is 0.143 e. The van der Waals surface area contributed by atoms with E-state index >= 15 is 0 Å². The van der Waals surface area contributed by atoms with Crippen LogP contribution >= 0.6 is 12.1 Å². The molecule has 0 aromatic carbocycles. The molecule has 0 amide bonds. The van der Waals surface area contributed by atoms with E-state index in [1.807, 2.05) is 25.5 Å². The zero-order valence-electron chi connectivity index (χ0n) is 14.2. The molecule has 132 valence electrons. The largest absolute Gasteiger partial charge is 0.377 e. The Kier molecular flexibility index (Phi) is 4.76. The van der Waals surface area contributed by atoms with Gasteiger partial charge in [-0.25, -0.2) is 4.98 Å². The predicted molar refractivity (Wildman–Crippen MR) is 101 cm³/mol. The highest BCUT2D eigenvalue weighted by atomic mass is 32.2. The Bertz CT molecular complexity index is 876. The normalized spacial score (nSPS) is 16.2. The number of hydrogen-bond donors (Lipinski definition) is 0. The molecule has 0 saturated carbocycles. The molecule has 0 bridgehead atoms. The van der Waals surface area contributed by atoms with Crippen molar-refractivity contribution in [2.24, 2.45) is 7.05 Å². The van der Waals surface area contributed by atoms with E-state index in [1.54, 1.807) is 0 Å². The number of rotatable bonds is 5. The minimum atomic E-state index is 0.232. The summed E-state index contributed by atoms with van der Waals surface area (Å²) in [4.78, 5) is 11.4. The van der Waals surface area contributed by atoms with E-state index < -0.39 is 0 Å². The van der Waals surface area contributed by atoms with E-state index in [9.17, 15) is 3.89 Å². The first-order chi connectivity index (χ1) is 12.3. The Balaban J connectivity index is 1.53. The molecule has 1 aliphatic heterocycles. The molecule has 0 aliphatic carbocycles.